The molecule has 1 fully saturated rings. The van der Waals surface area contributed by atoms with E-state index in [4.69, 9.17) is 9.47 Å². The lowest BCUT2D eigenvalue weighted by atomic mass is 10.0. The summed E-state index contributed by atoms with van der Waals surface area (Å²) in [6.07, 6.45) is -6.20. The van der Waals surface area contributed by atoms with Gasteiger partial charge in [0.15, 0.2) is 11.5 Å². The molecule has 0 spiro atoms. The van der Waals surface area contributed by atoms with Gasteiger partial charge in [-0.15, -0.1) is 0 Å². The minimum absolute atomic E-state index is 0.00465. The predicted molar refractivity (Wildman–Crippen MR) is 141 cm³/mol. The van der Waals surface area contributed by atoms with E-state index in [0.717, 1.165) is 12.1 Å². The summed E-state index contributed by atoms with van der Waals surface area (Å²) in [7, 11) is 0. The van der Waals surface area contributed by atoms with Crippen molar-refractivity contribution in [2.45, 2.75) is 71.0 Å². The van der Waals surface area contributed by atoms with E-state index in [1.165, 1.54) is 21.9 Å². The molecule has 1 aromatic carbocycles. The molecule has 0 radical (unpaired) electrons. The van der Waals surface area contributed by atoms with E-state index in [2.05, 4.69) is 15.3 Å². The maximum absolute atomic E-state index is 14.0. The van der Waals surface area contributed by atoms with Crippen LogP contribution in [-0.4, -0.2) is 81.7 Å². The van der Waals surface area contributed by atoms with E-state index in [0.29, 0.717) is 0 Å². The highest BCUT2D eigenvalue weighted by Gasteiger charge is 2.40. The second kappa shape index (κ2) is 12.2. The number of aromatic nitrogens is 2. The first kappa shape index (κ1) is 31.1. The van der Waals surface area contributed by atoms with Crippen LogP contribution in [0.2, 0.25) is 0 Å². The maximum atomic E-state index is 14.0. The van der Waals surface area contributed by atoms with Gasteiger partial charge < -0.3 is 24.6 Å². The molecule has 0 unspecified atom stereocenters. The van der Waals surface area contributed by atoms with Crippen LogP contribution in [0, 0.1) is 5.82 Å². The van der Waals surface area contributed by atoms with Gasteiger partial charge in [-0.2, -0.15) is 13.2 Å². The first-order valence-corrected chi connectivity index (χ1v) is 13.5. The Balaban J connectivity index is 1.56. The minimum atomic E-state index is -4.79. The summed E-state index contributed by atoms with van der Waals surface area (Å²) in [6.45, 7) is 6.69. The lowest BCUT2D eigenvalue weighted by Crippen LogP contribution is -2.53. The molecule has 2 atom stereocenters. The van der Waals surface area contributed by atoms with E-state index in [1.54, 1.807) is 27.7 Å². The van der Waals surface area contributed by atoms with Gasteiger partial charge in [0.2, 0.25) is 11.8 Å². The summed E-state index contributed by atoms with van der Waals surface area (Å²) < 4.78 is 66.4. The van der Waals surface area contributed by atoms with Crippen LogP contribution in [0.25, 0.3) is 11.4 Å². The predicted octanol–water partition coefficient (Wildman–Crippen LogP) is 3.72. The summed E-state index contributed by atoms with van der Waals surface area (Å²) in [5.41, 5.74) is -1.98. The van der Waals surface area contributed by atoms with Crippen molar-refractivity contribution in [2.75, 3.05) is 26.2 Å². The number of morpholine rings is 1. The summed E-state index contributed by atoms with van der Waals surface area (Å²) >= 11 is 0. The number of halogens is 4. The molecule has 3 heterocycles. The highest BCUT2D eigenvalue weighted by atomic mass is 19.4. The number of rotatable bonds is 6. The van der Waals surface area contributed by atoms with Crippen LogP contribution >= 0.6 is 0 Å². The number of fused-ring (bicyclic) bond motifs is 1. The van der Waals surface area contributed by atoms with E-state index >= 15 is 0 Å². The fourth-order valence-corrected chi connectivity index (χ4v) is 4.82. The molecule has 228 valence electrons. The smallest absolute Gasteiger partial charge is 0.433 e. The van der Waals surface area contributed by atoms with Crippen molar-refractivity contribution >= 4 is 17.9 Å². The lowest BCUT2D eigenvalue weighted by Gasteiger charge is -2.35. The van der Waals surface area contributed by atoms with Gasteiger partial charge in [0.25, 0.3) is 0 Å². The largest absolute Gasteiger partial charge is 0.444 e. The van der Waals surface area contributed by atoms with Gasteiger partial charge in [-0.1, -0.05) is 12.1 Å². The van der Waals surface area contributed by atoms with Crippen molar-refractivity contribution in [1.29, 1.82) is 0 Å². The summed E-state index contributed by atoms with van der Waals surface area (Å²) in [4.78, 5) is 49.3. The molecule has 2 aliphatic heterocycles. The van der Waals surface area contributed by atoms with Gasteiger partial charge in [-0.05, 0) is 46.2 Å². The van der Waals surface area contributed by atoms with Crippen LogP contribution in [0.15, 0.2) is 24.3 Å². The van der Waals surface area contributed by atoms with Gasteiger partial charge in [0, 0.05) is 37.2 Å². The third-order valence-electron chi connectivity index (χ3n) is 6.67. The number of alkyl carbamates (subject to hydrolysis) is 1. The van der Waals surface area contributed by atoms with Crippen molar-refractivity contribution in [1.82, 2.24) is 25.1 Å². The summed E-state index contributed by atoms with van der Waals surface area (Å²) in [5.74, 6) is -1.73. The molecule has 1 aromatic heterocycles. The van der Waals surface area contributed by atoms with Crippen LogP contribution < -0.4 is 5.32 Å². The molecular weight excluding hydrogens is 562 g/mol. The molecule has 0 aliphatic carbocycles. The number of hydrogen-bond acceptors (Lipinski definition) is 7. The Bertz CT molecular complexity index is 1350. The number of ether oxygens (including phenoxy) is 2. The fraction of sp³-hybridized carbons (Fsp3) is 0.536. The fourth-order valence-electron chi connectivity index (χ4n) is 4.82. The first-order valence-electron chi connectivity index (χ1n) is 13.5. The molecule has 14 heteroatoms. The van der Waals surface area contributed by atoms with E-state index in [1.807, 2.05) is 0 Å². The second-order valence-corrected chi connectivity index (χ2v) is 11.4. The van der Waals surface area contributed by atoms with Crippen molar-refractivity contribution in [3.05, 3.63) is 47.0 Å². The SMILES string of the molecule is C[C@H]1CN(C[C@H](CC(=O)N2CCc3c(nc(-c4cccc(F)c4)nc3C(F)(F)F)C2)NC(=O)OC(C)(C)C)C(=O)CO1. The van der Waals surface area contributed by atoms with Crippen LogP contribution in [0.3, 0.4) is 0 Å². The molecule has 4 rings (SSSR count). The zero-order valence-electron chi connectivity index (χ0n) is 23.8. The number of alkyl halides is 3. The number of amides is 3. The van der Waals surface area contributed by atoms with Gasteiger partial charge in [0.1, 0.15) is 18.0 Å². The number of hydrogen-bond donors (Lipinski definition) is 1. The third-order valence-corrected chi connectivity index (χ3v) is 6.67. The molecular formula is C28H33F4N5O5. The van der Waals surface area contributed by atoms with Crippen molar-refractivity contribution < 1.29 is 41.4 Å². The number of nitrogens with zero attached hydrogens (tertiary/aromatic N) is 4. The van der Waals surface area contributed by atoms with Crippen LogP contribution in [0.5, 0.6) is 0 Å². The Kier molecular flexibility index (Phi) is 9.04. The van der Waals surface area contributed by atoms with Crippen molar-refractivity contribution in [3.63, 3.8) is 0 Å². The molecule has 3 amide bonds. The molecule has 2 aliphatic rings. The topological polar surface area (TPSA) is 114 Å². The van der Waals surface area contributed by atoms with E-state index in [9.17, 15) is 31.9 Å². The van der Waals surface area contributed by atoms with Gasteiger partial charge in [-0.3, -0.25) is 9.59 Å². The average molecular weight is 596 g/mol. The molecule has 2 aromatic rings. The Hall–Kier alpha value is -3.81. The van der Waals surface area contributed by atoms with Crippen molar-refractivity contribution in [2.24, 2.45) is 0 Å². The van der Waals surface area contributed by atoms with Crippen LogP contribution in [-0.2, 0) is 38.2 Å². The minimum Gasteiger partial charge on any atom is -0.444 e. The Morgan fingerprint density at radius 3 is 2.62 bits per heavy atom. The highest BCUT2D eigenvalue weighted by Crippen LogP contribution is 2.35. The number of carbonyl (C=O) groups is 3. The Morgan fingerprint density at radius 1 is 1.21 bits per heavy atom. The molecule has 0 saturated carbocycles. The summed E-state index contributed by atoms with van der Waals surface area (Å²) in [6, 6.07) is 4.09. The highest BCUT2D eigenvalue weighted by molar-refractivity contribution is 5.80. The van der Waals surface area contributed by atoms with Gasteiger partial charge >= 0.3 is 12.3 Å². The standard InChI is InChI=1S/C28H33F4N5O5/c1-16-12-37(23(39)15-41-16)13-19(33-26(40)42-27(2,3)4)11-22(38)36-9-8-20-21(14-36)34-25(35-24(20)28(30,31)32)17-6-5-7-18(29)10-17/h5-7,10,16,19H,8-9,11-15H2,1-4H3,(H,33,40)/t16-,19-/m0/s1. The number of nitrogens with one attached hydrogen (secondary N) is 1. The van der Waals surface area contributed by atoms with Gasteiger partial charge in [0.05, 0.1) is 24.4 Å². The van der Waals surface area contributed by atoms with Crippen LogP contribution in [0.4, 0.5) is 22.4 Å². The molecule has 10 nitrogen and oxygen atoms in total. The Morgan fingerprint density at radius 2 is 1.95 bits per heavy atom. The zero-order valence-corrected chi connectivity index (χ0v) is 23.8. The number of benzene rings is 1. The number of carbonyl (C=O) groups excluding carboxylic acids is 3. The lowest BCUT2D eigenvalue weighted by molar-refractivity contribution is -0.149. The average Bonchev–Trinajstić information content (AvgIpc) is 2.88. The van der Waals surface area contributed by atoms with Crippen molar-refractivity contribution in [3.8, 4) is 11.4 Å². The normalized spacial score (nSPS) is 18.4. The molecule has 1 N–H and O–H groups in total. The maximum Gasteiger partial charge on any atom is 0.433 e. The third kappa shape index (κ3) is 7.93. The monoisotopic (exact) mass is 595 g/mol. The second-order valence-electron chi connectivity index (χ2n) is 11.4. The van der Waals surface area contributed by atoms with E-state index < -0.39 is 41.3 Å². The molecule has 42 heavy (non-hydrogen) atoms. The first-order chi connectivity index (χ1) is 19.6. The molecule has 0 bridgehead atoms. The quantitative estimate of drug-likeness (QED) is 0.507. The Labute approximate surface area is 240 Å². The molecule has 1 saturated heterocycles. The van der Waals surface area contributed by atoms with E-state index in [-0.39, 0.29) is 80.3 Å². The van der Waals surface area contributed by atoms with Gasteiger partial charge in [-0.25, -0.2) is 19.2 Å². The zero-order chi connectivity index (χ0) is 30.8. The summed E-state index contributed by atoms with van der Waals surface area (Å²) in [5, 5.41) is 2.66. The van der Waals surface area contributed by atoms with Crippen LogP contribution in [0.1, 0.15) is 51.1 Å².